The minimum Gasteiger partial charge on any atom is -0.472 e. The number of rotatable bonds is 6. The first kappa shape index (κ1) is 14.6. The van der Waals surface area contributed by atoms with E-state index in [0.29, 0.717) is 0 Å². The number of nitrogens with zero attached hydrogens (tertiary/aromatic N) is 2. The molecule has 0 aromatic carbocycles. The maximum Gasteiger partial charge on any atom is 0.0947 e. The van der Waals surface area contributed by atoms with Gasteiger partial charge >= 0.3 is 0 Å². The molecule has 1 fully saturated rings. The van der Waals surface area contributed by atoms with Crippen molar-refractivity contribution >= 4 is 0 Å². The molecule has 0 atom stereocenters. The van der Waals surface area contributed by atoms with Crippen molar-refractivity contribution in [3.8, 4) is 0 Å². The van der Waals surface area contributed by atoms with Gasteiger partial charge < -0.3 is 15.1 Å². The van der Waals surface area contributed by atoms with Crippen LogP contribution in [0.1, 0.15) is 31.7 Å². The molecule has 2 rings (SSSR count). The Balaban J connectivity index is 1.95. The normalized spacial score (nSPS) is 20.0. The van der Waals surface area contributed by atoms with E-state index in [2.05, 4.69) is 23.8 Å². The van der Waals surface area contributed by atoms with Gasteiger partial charge in [0, 0.05) is 24.2 Å². The summed E-state index contributed by atoms with van der Waals surface area (Å²) in [6.45, 7) is 7.45. The van der Waals surface area contributed by atoms with E-state index in [1.165, 1.54) is 31.6 Å². The molecule has 1 aliphatic heterocycles. The Bertz CT molecular complexity index is 355. The molecule has 1 aromatic rings. The lowest BCUT2D eigenvalue weighted by Crippen LogP contribution is -2.57. The predicted molar refractivity (Wildman–Crippen MR) is 77.9 cm³/mol. The second kappa shape index (κ2) is 6.55. The number of furan rings is 1. The molecule has 1 saturated heterocycles. The van der Waals surface area contributed by atoms with Gasteiger partial charge in [-0.2, -0.15) is 0 Å². The van der Waals surface area contributed by atoms with Crippen LogP contribution < -0.4 is 5.73 Å². The monoisotopic (exact) mass is 265 g/mol. The molecular formula is C15H27N3O. The zero-order valence-electron chi connectivity index (χ0n) is 12.3. The van der Waals surface area contributed by atoms with Gasteiger partial charge in [0.2, 0.25) is 0 Å². The first-order valence-electron chi connectivity index (χ1n) is 7.35. The minimum absolute atomic E-state index is 0.154. The number of likely N-dealkylation sites (tertiary alicyclic amines) is 1. The van der Waals surface area contributed by atoms with Crippen molar-refractivity contribution in [2.75, 3.05) is 33.2 Å². The van der Waals surface area contributed by atoms with Gasteiger partial charge in [0.05, 0.1) is 12.5 Å². The van der Waals surface area contributed by atoms with Crippen molar-refractivity contribution in [1.82, 2.24) is 9.80 Å². The summed E-state index contributed by atoms with van der Waals surface area (Å²) < 4.78 is 5.15. The SMILES string of the molecule is CCCN1CCC(CN)(N(C)Cc2ccoc2)CC1. The van der Waals surface area contributed by atoms with E-state index in [-0.39, 0.29) is 5.54 Å². The Morgan fingerprint density at radius 1 is 1.42 bits per heavy atom. The molecule has 0 radical (unpaired) electrons. The number of likely N-dealkylation sites (N-methyl/N-ethyl adjacent to an activating group) is 1. The zero-order valence-corrected chi connectivity index (χ0v) is 12.3. The molecule has 1 aliphatic rings. The van der Waals surface area contributed by atoms with Crippen molar-refractivity contribution in [2.24, 2.45) is 5.73 Å². The second-order valence-electron chi connectivity index (χ2n) is 5.76. The van der Waals surface area contributed by atoms with E-state index in [0.717, 1.165) is 25.9 Å². The Labute approximate surface area is 116 Å². The topological polar surface area (TPSA) is 45.6 Å². The Hall–Kier alpha value is -0.840. The Kier molecular flexibility index (Phi) is 5.02. The Morgan fingerprint density at radius 3 is 2.68 bits per heavy atom. The molecule has 1 aromatic heterocycles. The van der Waals surface area contributed by atoms with Crippen LogP contribution in [0.2, 0.25) is 0 Å². The summed E-state index contributed by atoms with van der Waals surface area (Å²) in [6.07, 6.45) is 7.13. The van der Waals surface area contributed by atoms with Crippen LogP contribution in [0.3, 0.4) is 0 Å². The molecule has 2 heterocycles. The quantitative estimate of drug-likeness (QED) is 0.853. The molecule has 2 N–H and O–H groups in total. The van der Waals surface area contributed by atoms with E-state index in [4.69, 9.17) is 10.2 Å². The van der Waals surface area contributed by atoms with Gasteiger partial charge in [-0.3, -0.25) is 4.90 Å². The predicted octanol–water partition coefficient (Wildman–Crippen LogP) is 1.91. The third-order valence-corrected chi connectivity index (χ3v) is 4.52. The molecule has 108 valence electrons. The van der Waals surface area contributed by atoms with Crippen LogP contribution in [0, 0.1) is 0 Å². The van der Waals surface area contributed by atoms with Gasteiger partial charge in [-0.1, -0.05) is 6.92 Å². The lowest BCUT2D eigenvalue weighted by molar-refractivity contribution is 0.0400. The summed E-state index contributed by atoms with van der Waals surface area (Å²) in [6, 6.07) is 2.03. The minimum atomic E-state index is 0.154. The van der Waals surface area contributed by atoms with Gasteiger partial charge in [0.1, 0.15) is 0 Å². The molecule has 0 saturated carbocycles. The van der Waals surface area contributed by atoms with E-state index >= 15 is 0 Å². The van der Waals surface area contributed by atoms with Crippen LogP contribution in [0.4, 0.5) is 0 Å². The first-order chi connectivity index (χ1) is 9.20. The number of hydrogen-bond donors (Lipinski definition) is 1. The summed E-state index contributed by atoms with van der Waals surface area (Å²) in [5.74, 6) is 0. The van der Waals surface area contributed by atoms with E-state index in [9.17, 15) is 0 Å². The smallest absolute Gasteiger partial charge is 0.0947 e. The van der Waals surface area contributed by atoms with Crippen molar-refractivity contribution in [1.29, 1.82) is 0 Å². The maximum atomic E-state index is 6.10. The van der Waals surface area contributed by atoms with Crippen molar-refractivity contribution < 1.29 is 4.42 Å². The molecule has 19 heavy (non-hydrogen) atoms. The van der Waals surface area contributed by atoms with Gasteiger partial charge in [-0.25, -0.2) is 0 Å². The van der Waals surface area contributed by atoms with Gasteiger partial charge in [-0.05, 0) is 52.0 Å². The highest BCUT2D eigenvalue weighted by Gasteiger charge is 2.36. The summed E-state index contributed by atoms with van der Waals surface area (Å²) in [5, 5.41) is 0. The summed E-state index contributed by atoms with van der Waals surface area (Å²) in [4.78, 5) is 4.97. The average molecular weight is 265 g/mol. The van der Waals surface area contributed by atoms with Crippen LogP contribution in [0.5, 0.6) is 0 Å². The summed E-state index contributed by atoms with van der Waals surface area (Å²) in [5.41, 5.74) is 7.49. The first-order valence-corrected chi connectivity index (χ1v) is 7.35. The number of hydrogen-bond acceptors (Lipinski definition) is 4. The lowest BCUT2D eigenvalue weighted by Gasteiger charge is -2.47. The van der Waals surface area contributed by atoms with Crippen molar-refractivity contribution in [2.45, 2.75) is 38.3 Å². The van der Waals surface area contributed by atoms with Gasteiger partial charge in [-0.15, -0.1) is 0 Å². The van der Waals surface area contributed by atoms with Crippen LogP contribution in [0.25, 0.3) is 0 Å². The molecule has 4 nitrogen and oxygen atoms in total. The summed E-state index contributed by atoms with van der Waals surface area (Å²) >= 11 is 0. The molecule has 0 spiro atoms. The largest absolute Gasteiger partial charge is 0.472 e. The van der Waals surface area contributed by atoms with E-state index in [1.807, 2.05) is 12.3 Å². The van der Waals surface area contributed by atoms with Crippen LogP contribution in [-0.2, 0) is 6.54 Å². The highest BCUT2D eigenvalue weighted by atomic mass is 16.3. The van der Waals surface area contributed by atoms with Gasteiger partial charge in [0.15, 0.2) is 0 Å². The highest BCUT2D eigenvalue weighted by molar-refractivity contribution is 5.07. The molecular weight excluding hydrogens is 238 g/mol. The summed E-state index contributed by atoms with van der Waals surface area (Å²) in [7, 11) is 2.19. The van der Waals surface area contributed by atoms with Crippen LogP contribution >= 0.6 is 0 Å². The van der Waals surface area contributed by atoms with E-state index in [1.54, 1.807) is 6.26 Å². The fraction of sp³-hybridized carbons (Fsp3) is 0.733. The van der Waals surface area contributed by atoms with Crippen LogP contribution in [-0.4, -0.2) is 48.6 Å². The van der Waals surface area contributed by atoms with Crippen LogP contribution in [0.15, 0.2) is 23.0 Å². The maximum absolute atomic E-state index is 6.10. The molecule has 0 aliphatic carbocycles. The fourth-order valence-corrected chi connectivity index (χ4v) is 3.07. The van der Waals surface area contributed by atoms with Crippen molar-refractivity contribution in [3.63, 3.8) is 0 Å². The lowest BCUT2D eigenvalue weighted by atomic mass is 9.85. The molecule has 0 amide bonds. The number of nitrogens with two attached hydrogens (primary N) is 1. The van der Waals surface area contributed by atoms with Crippen molar-refractivity contribution in [3.05, 3.63) is 24.2 Å². The Morgan fingerprint density at radius 2 is 2.16 bits per heavy atom. The fourth-order valence-electron chi connectivity index (χ4n) is 3.07. The average Bonchev–Trinajstić information content (AvgIpc) is 2.93. The highest BCUT2D eigenvalue weighted by Crippen LogP contribution is 2.28. The zero-order chi connectivity index (χ0) is 13.7. The standard InChI is InChI=1S/C15H27N3O/c1-3-7-18-8-5-15(13-16,6-9-18)17(2)11-14-4-10-19-12-14/h4,10,12H,3,5-9,11,13,16H2,1-2H3. The molecule has 0 bridgehead atoms. The molecule has 4 heteroatoms. The van der Waals surface area contributed by atoms with E-state index < -0.39 is 0 Å². The molecule has 0 unspecified atom stereocenters. The third kappa shape index (κ3) is 3.38. The van der Waals surface area contributed by atoms with Gasteiger partial charge in [0.25, 0.3) is 0 Å². The second-order valence-corrected chi connectivity index (χ2v) is 5.76. The third-order valence-electron chi connectivity index (χ3n) is 4.52. The number of piperidine rings is 1.